The second kappa shape index (κ2) is 7.33. The van der Waals surface area contributed by atoms with Crippen molar-refractivity contribution >= 4 is 46.6 Å². The second-order valence-corrected chi connectivity index (χ2v) is 7.88. The van der Waals surface area contributed by atoms with E-state index in [0.29, 0.717) is 21.7 Å². The summed E-state index contributed by atoms with van der Waals surface area (Å²) in [4.78, 5) is 12.4. The van der Waals surface area contributed by atoms with Crippen LogP contribution in [-0.4, -0.2) is 25.9 Å². The molecule has 1 aromatic carbocycles. The molecule has 0 spiro atoms. The summed E-state index contributed by atoms with van der Waals surface area (Å²) < 4.78 is 2.10. The normalized spacial score (nSPS) is 15.3. The van der Waals surface area contributed by atoms with Crippen LogP contribution in [0.4, 0.5) is 5.69 Å². The Morgan fingerprint density at radius 3 is 2.79 bits per heavy atom. The molecule has 8 heteroatoms. The smallest absolute Gasteiger partial charge is 0.237 e. The summed E-state index contributed by atoms with van der Waals surface area (Å²) in [6.45, 7) is 4.71. The number of halogens is 2. The van der Waals surface area contributed by atoms with Gasteiger partial charge in [-0.2, -0.15) is 0 Å². The van der Waals surface area contributed by atoms with Crippen LogP contribution in [0.1, 0.15) is 38.4 Å². The van der Waals surface area contributed by atoms with Crippen LogP contribution in [0.2, 0.25) is 10.0 Å². The van der Waals surface area contributed by atoms with Gasteiger partial charge in [0.1, 0.15) is 5.82 Å². The Kier molecular flexibility index (Phi) is 5.37. The Hall–Kier alpha value is -1.24. The van der Waals surface area contributed by atoms with Crippen molar-refractivity contribution in [3.8, 4) is 0 Å². The van der Waals surface area contributed by atoms with Crippen molar-refractivity contribution in [1.29, 1.82) is 0 Å². The van der Waals surface area contributed by atoms with Gasteiger partial charge >= 0.3 is 0 Å². The van der Waals surface area contributed by atoms with Crippen LogP contribution < -0.4 is 5.32 Å². The van der Waals surface area contributed by atoms with E-state index in [1.165, 1.54) is 24.6 Å². The van der Waals surface area contributed by atoms with E-state index in [9.17, 15) is 4.79 Å². The molecule has 1 heterocycles. The van der Waals surface area contributed by atoms with E-state index in [0.717, 1.165) is 17.5 Å². The molecule has 1 aliphatic carbocycles. The lowest BCUT2D eigenvalue weighted by Gasteiger charge is -2.13. The molecule has 5 nitrogen and oxygen atoms in total. The molecule has 3 rings (SSSR count). The van der Waals surface area contributed by atoms with Gasteiger partial charge < -0.3 is 9.88 Å². The molecule has 0 radical (unpaired) electrons. The molecule has 128 valence electrons. The fourth-order valence-electron chi connectivity index (χ4n) is 2.36. The minimum Gasteiger partial charge on any atom is -0.324 e. The zero-order valence-electron chi connectivity index (χ0n) is 13.4. The summed E-state index contributed by atoms with van der Waals surface area (Å²) in [7, 11) is 0. The molecule has 1 N–H and O–H groups in total. The number of anilines is 1. The van der Waals surface area contributed by atoms with Crippen molar-refractivity contribution in [2.75, 3.05) is 5.32 Å². The molecule has 0 saturated heterocycles. The Balaban J connectivity index is 1.68. The van der Waals surface area contributed by atoms with E-state index in [4.69, 9.17) is 23.2 Å². The van der Waals surface area contributed by atoms with Crippen LogP contribution in [0.3, 0.4) is 0 Å². The summed E-state index contributed by atoms with van der Waals surface area (Å²) in [5.41, 5.74) is 0.550. The van der Waals surface area contributed by atoms with Gasteiger partial charge in [0, 0.05) is 17.5 Å². The first-order valence-electron chi connectivity index (χ1n) is 7.85. The Morgan fingerprint density at radius 2 is 2.17 bits per heavy atom. The quantitative estimate of drug-likeness (QED) is 0.739. The highest BCUT2D eigenvalue weighted by molar-refractivity contribution is 8.00. The van der Waals surface area contributed by atoms with Crippen LogP contribution in [-0.2, 0) is 11.3 Å². The van der Waals surface area contributed by atoms with Crippen LogP contribution in [0, 0.1) is 0 Å². The molecule has 24 heavy (non-hydrogen) atoms. The number of nitrogens with zero attached hydrogens (tertiary/aromatic N) is 3. The van der Waals surface area contributed by atoms with E-state index in [1.54, 1.807) is 18.2 Å². The number of hydrogen-bond acceptors (Lipinski definition) is 4. The van der Waals surface area contributed by atoms with Crippen molar-refractivity contribution in [3.63, 3.8) is 0 Å². The maximum atomic E-state index is 12.4. The highest BCUT2D eigenvalue weighted by Gasteiger charge is 2.30. The summed E-state index contributed by atoms with van der Waals surface area (Å²) in [6, 6.07) is 4.99. The van der Waals surface area contributed by atoms with Crippen molar-refractivity contribution in [3.05, 3.63) is 34.1 Å². The standard InChI is InChI=1S/C16H18Cl2N4OS/c1-3-22-14(10-4-5-10)20-21-16(22)24-9(2)15(23)19-13-7-6-11(17)8-12(13)18/h6-10H,3-5H2,1-2H3,(H,19,23)/t9-/m1/s1. The van der Waals surface area contributed by atoms with Gasteiger partial charge in [0.25, 0.3) is 0 Å². The molecule has 1 aromatic heterocycles. The van der Waals surface area contributed by atoms with E-state index in [2.05, 4.69) is 27.0 Å². The number of carbonyl (C=O) groups excluding carboxylic acids is 1. The zero-order valence-corrected chi connectivity index (χ0v) is 15.8. The fourth-order valence-corrected chi connectivity index (χ4v) is 3.74. The summed E-state index contributed by atoms with van der Waals surface area (Å²) in [5, 5.41) is 12.8. The lowest BCUT2D eigenvalue weighted by atomic mass is 10.3. The van der Waals surface area contributed by atoms with E-state index < -0.39 is 0 Å². The van der Waals surface area contributed by atoms with Crippen molar-refractivity contribution < 1.29 is 4.79 Å². The molecule has 1 atom stereocenters. The number of benzene rings is 1. The number of aromatic nitrogens is 3. The first-order valence-corrected chi connectivity index (χ1v) is 9.48. The van der Waals surface area contributed by atoms with E-state index in [1.807, 2.05) is 6.92 Å². The number of rotatable bonds is 6. The third-order valence-electron chi connectivity index (χ3n) is 3.84. The summed E-state index contributed by atoms with van der Waals surface area (Å²) >= 11 is 13.4. The second-order valence-electron chi connectivity index (χ2n) is 5.73. The summed E-state index contributed by atoms with van der Waals surface area (Å²) in [6.07, 6.45) is 2.35. The minimum absolute atomic E-state index is 0.136. The number of thioether (sulfide) groups is 1. The lowest BCUT2D eigenvalue weighted by molar-refractivity contribution is -0.115. The van der Waals surface area contributed by atoms with Gasteiger partial charge in [0.15, 0.2) is 5.16 Å². The molecule has 0 unspecified atom stereocenters. The van der Waals surface area contributed by atoms with Crippen molar-refractivity contribution in [2.24, 2.45) is 0 Å². The van der Waals surface area contributed by atoms with Crippen LogP contribution >= 0.6 is 35.0 Å². The average Bonchev–Trinajstić information content (AvgIpc) is 3.31. The number of amides is 1. The average molecular weight is 385 g/mol. The molecular weight excluding hydrogens is 367 g/mol. The van der Waals surface area contributed by atoms with Crippen LogP contribution in [0.15, 0.2) is 23.4 Å². The van der Waals surface area contributed by atoms with Gasteiger partial charge in [-0.15, -0.1) is 10.2 Å². The van der Waals surface area contributed by atoms with Gasteiger partial charge in [-0.05, 0) is 44.9 Å². The largest absolute Gasteiger partial charge is 0.324 e. The molecule has 1 amide bonds. The first kappa shape index (κ1) is 17.6. The number of nitrogens with one attached hydrogen (secondary N) is 1. The molecular formula is C16H18Cl2N4OS. The third kappa shape index (κ3) is 3.87. The van der Waals surface area contributed by atoms with Gasteiger partial charge in [-0.3, -0.25) is 4.79 Å². The predicted molar refractivity (Wildman–Crippen MR) is 98.1 cm³/mol. The van der Waals surface area contributed by atoms with Crippen molar-refractivity contribution in [2.45, 2.75) is 49.6 Å². The molecule has 0 aliphatic heterocycles. The number of carbonyl (C=O) groups is 1. The third-order valence-corrected chi connectivity index (χ3v) is 5.47. The minimum atomic E-state index is -0.321. The highest BCUT2D eigenvalue weighted by Crippen LogP contribution is 2.40. The highest BCUT2D eigenvalue weighted by atomic mass is 35.5. The zero-order chi connectivity index (χ0) is 17.3. The molecule has 1 saturated carbocycles. The Morgan fingerprint density at radius 1 is 1.42 bits per heavy atom. The molecule has 2 aromatic rings. The lowest BCUT2D eigenvalue weighted by Crippen LogP contribution is -2.23. The van der Waals surface area contributed by atoms with Crippen molar-refractivity contribution in [1.82, 2.24) is 14.8 Å². The van der Waals surface area contributed by atoms with Crippen LogP contribution in [0.5, 0.6) is 0 Å². The molecule has 1 fully saturated rings. The maximum Gasteiger partial charge on any atom is 0.237 e. The first-order chi connectivity index (χ1) is 11.5. The molecule has 0 bridgehead atoms. The molecule has 1 aliphatic rings. The maximum absolute atomic E-state index is 12.4. The van der Waals surface area contributed by atoms with Gasteiger partial charge in [-0.1, -0.05) is 35.0 Å². The predicted octanol–water partition coefficient (Wildman–Crippen LogP) is 4.60. The SMILES string of the molecule is CCn1c(S[C@H](C)C(=O)Nc2ccc(Cl)cc2Cl)nnc1C1CC1. The van der Waals surface area contributed by atoms with E-state index >= 15 is 0 Å². The van der Waals surface area contributed by atoms with Gasteiger partial charge in [-0.25, -0.2) is 0 Å². The topological polar surface area (TPSA) is 59.8 Å². The Labute approximate surface area is 155 Å². The Bertz CT molecular complexity index is 761. The fraction of sp³-hybridized carbons (Fsp3) is 0.438. The van der Waals surface area contributed by atoms with E-state index in [-0.39, 0.29) is 11.2 Å². The van der Waals surface area contributed by atoms with Gasteiger partial charge in [0.05, 0.1) is 16.0 Å². The summed E-state index contributed by atoms with van der Waals surface area (Å²) in [5.74, 6) is 1.43. The number of hydrogen-bond donors (Lipinski definition) is 1. The van der Waals surface area contributed by atoms with Crippen LogP contribution in [0.25, 0.3) is 0 Å². The van der Waals surface area contributed by atoms with Gasteiger partial charge in [0.2, 0.25) is 5.91 Å². The monoisotopic (exact) mass is 384 g/mol.